The van der Waals surface area contributed by atoms with Crippen molar-refractivity contribution >= 4 is 5.82 Å². The van der Waals surface area contributed by atoms with E-state index >= 15 is 0 Å². The number of pyridine rings is 1. The van der Waals surface area contributed by atoms with Crippen molar-refractivity contribution in [1.29, 1.82) is 0 Å². The lowest BCUT2D eigenvalue weighted by molar-refractivity contribution is 0.592. The van der Waals surface area contributed by atoms with E-state index in [0.29, 0.717) is 5.92 Å². The molecule has 0 saturated carbocycles. The molecule has 1 rings (SSSR count). The van der Waals surface area contributed by atoms with Crippen LogP contribution in [0.3, 0.4) is 0 Å². The molecule has 1 aromatic rings. The average Bonchev–Trinajstić information content (AvgIpc) is 2.18. The van der Waals surface area contributed by atoms with E-state index in [0.717, 1.165) is 18.8 Å². The Balaban J connectivity index is 2.64. The summed E-state index contributed by atoms with van der Waals surface area (Å²) in [6, 6.07) is 4.16. The Hall–Kier alpha value is -1.09. The van der Waals surface area contributed by atoms with Crippen molar-refractivity contribution in [2.24, 2.45) is 11.7 Å². The van der Waals surface area contributed by atoms with Crippen LogP contribution in [0.25, 0.3) is 0 Å². The zero-order valence-electron chi connectivity index (χ0n) is 9.20. The van der Waals surface area contributed by atoms with Crippen molar-refractivity contribution in [2.75, 3.05) is 25.5 Å². The predicted octanol–water partition coefficient (Wildman–Crippen LogP) is 1.28. The number of aromatic nitrogens is 1. The summed E-state index contributed by atoms with van der Waals surface area (Å²) in [7, 11) is 3.98. The van der Waals surface area contributed by atoms with Crippen LogP contribution in [0.1, 0.15) is 12.5 Å². The highest BCUT2D eigenvalue weighted by Gasteiger charge is 2.02. The van der Waals surface area contributed by atoms with Gasteiger partial charge in [-0.15, -0.1) is 0 Å². The van der Waals surface area contributed by atoms with Crippen LogP contribution in [0.2, 0.25) is 0 Å². The summed E-state index contributed by atoms with van der Waals surface area (Å²) in [4.78, 5) is 6.35. The minimum atomic E-state index is 0.530. The van der Waals surface area contributed by atoms with Gasteiger partial charge in [-0.3, -0.25) is 0 Å². The molecule has 0 aliphatic rings. The van der Waals surface area contributed by atoms with Gasteiger partial charge < -0.3 is 10.6 Å². The molecule has 0 fully saturated rings. The van der Waals surface area contributed by atoms with E-state index in [1.807, 2.05) is 31.3 Å². The maximum absolute atomic E-state index is 5.57. The highest BCUT2D eigenvalue weighted by molar-refractivity contribution is 5.37. The van der Waals surface area contributed by atoms with Crippen LogP contribution in [0.5, 0.6) is 0 Å². The summed E-state index contributed by atoms with van der Waals surface area (Å²) in [5.74, 6) is 1.52. The summed E-state index contributed by atoms with van der Waals surface area (Å²) in [6.45, 7) is 2.88. The first-order chi connectivity index (χ1) is 6.63. The second kappa shape index (κ2) is 4.96. The molecular formula is C11H19N3. The van der Waals surface area contributed by atoms with Crippen molar-refractivity contribution in [2.45, 2.75) is 13.3 Å². The first-order valence-corrected chi connectivity index (χ1v) is 4.95. The van der Waals surface area contributed by atoms with Crippen molar-refractivity contribution in [3.05, 3.63) is 23.9 Å². The van der Waals surface area contributed by atoms with E-state index in [1.54, 1.807) is 0 Å². The molecule has 1 aromatic heterocycles. The predicted molar refractivity (Wildman–Crippen MR) is 60.5 cm³/mol. The summed E-state index contributed by atoms with van der Waals surface area (Å²) in [6.07, 6.45) is 2.94. The van der Waals surface area contributed by atoms with E-state index in [9.17, 15) is 0 Å². The highest BCUT2D eigenvalue weighted by Crippen LogP contribution is 2.11. The van der Waals surface area contributed by atoms with E-state index in [4.69, 9.17) is 5.73 Å². The molecule has 1 heterocycles. The Kier molecular flexibility index (Phi) is 3.89. The summed E-state index contributed by atoms with van der Waals surface area (Å²) >= 11 is 0. The molecule has 0 aliphatic heterocycles. The van der Waals surface area contributed by atoms with Gasteiger partial charge in [0.2, 0.25) is 0 Å². The summed E-state index contributed by atoms with van der Waals surface area (Å²) < 4.78 is 0. The molecule has 2 N–H and O–H groups in total. The molecule has 78 valence electrons. The number of nitrogens with two attached hydrogens (primary N) is 1. The van der Waals surface area contributed by atoms with E-state index < -0.39 is 0 Å². The zero-order chi connectivity index (χ0) is 10.6. The molecule has 0 aromatic carbocycles. The second-order valence-corrected chi connectivity index (χ2v) is 3.96. The largest absolute Gasteiger partial charge is 0.363 e. The minimum absolute atomic E-state index is 0.530. The maximum atomic E-state index is 5.57. The molecule has 3 heteroatoms. The van der Waals surface area contributed by atoms with Gasteiger partial charge >= 0.3 is 0 Å². The van der Waals surface area contributed by atoms with Crippen LogP contribution in [-0.2, 0) is 6.42 Å². The van der Waals surface area contributed by atoms with Crippen molar-refractivity contribution in [3.8, 4) is 0 Å². The molecule has 0 spiro atoms. The van der Waals surface area contributed by atoms with Crippen LogP contribution in [0.4, 0.5) is 5.82 Å². The third kappa shape index (κ3) is 3.00. The van der Waals surface area contributed by atoms with Gasteiger partial charge in [-0.25, -0.2) is 4.98 Å². The van der Waals surface area contributed by atoms with E-state index in [-0.39, 0.29) is 0 Å². The van der Waals surface area contributed by atoms with Crippen molar-refractivity contribution < 1.29 is 0 Å². The van der Waals surface area contributed by atoms with Crippen LogP contribution in [-0.4, -0.2) is 25.6 Å². The van der Waals surface area contributed by atoms with Gasteiger partial charge in [-0.1, -0.05) is 13.0 Å². The van der Waals surface area contributed by atoms with Crippen LogP contribution in [0, 0.1) is 5.92 Å². The first kappa shape index (κ1) is 11.0. The number of rotatable bonds is 4. The standard InChI is InChI=1S/C11H19N3/c1-9(7-12)6-10-4-5-11(13-8-10)14(2)3/h4-5,8-9H,6-7,12H2,1-3H3. The van der Waals surface area contributed by atoms with Gasteiger partial charge in [0.15, 0.2) is 0 Å². The number of anilines is 1. The molecule has 3 nitrogen and oxygen atoms in total. The monoisotopic (exact) mass is 193 g/mol. The Labute approximate surface area is 85.9 Å². The highest BCUT2D eigenvalue weighted by atomic mass is 15.1. The summed E-state index contributed by atoms with van der Waals surface area (Å²) in [5.41, 5.74) is 6.83. The Morgan fingerprint density at radius 2 is 2.14 bits per heavy atom. The topological polar surface area (TPSA) is 42.1 Å². The smallest absolute Gasteiger partial charge is 0.127 e. The van der Waals surface area contributed by atoms with E-state index in [2.05, 4.69) is 18.0 Å². The number of hydrogen-bond acceptors (Lipinski definition) is 3. The fourth-order valence-electron chi connectivity index (χ4n) is 1.29. The van der Waals surface area contributed by atoms with Gasteiger partial charge in [0.25, 0.3) is 0 Å². The van der Waals surface area contributed by atoms with Gasteiger partial charge in [0.05, 0.1) is 0 Å². The first-order valence-electron chi connectivity index (χ1n) is 4.95. The SMILES string of the molecule is CC(CN)Cc1ccc(N(C)C)nc1. The fraction of sp³-hybridized carbons (Fsp3) is 0.545. The Morgan fingerprint density at radius 3 is 2.57 bits per heavy atom. The lowest BCUT2D eigenvalue weighted by Gasteiger charge is -2.12. The average molecular weight is 193 g/mol. The van der Waals surface area contributed by atoms with Gasteiger partial charge in [-0.05, 0) is 30.5 Å². The maximum Gasteiger partial charge on any atom is 0.127 e. The third-order valence-electron chi connectivity index (χ3n) is 2.25. The normalized spacial score (nSPS) is 12.6. The molecule has 0 aliphatic carbocycles. The molecule has 1 unspecified atom stereocenters. The molecule has 0 bridgehead atoms. The second-order valence-electron chi connectivity index (χ2n) is 3.96. The lowest BCUT2D eigenvalue weighted by atomic mass is 10.0. The molecule has 0 saturated heterocycles. The van der Waals surface area contributed by atoms with Crippen molar-refractivity contribution in [3.63, 3.8) is 0 Å². The minimum Gasteiger partial charge on any atom is -0.363 e. The van der Waals surface area contributed by atoms with Crippen LogP contribution >= 0.6 is 0 Å². The van der Waals surface area contributed by atoms with Gasteiger partial charge in [0, 0.05) is 20.3 Å². The fourth-order valence-corrected chi connectivity index (χ4v) is 1.29. The van der Waals surface area contributed by atoms with Crippen LogP contribution < -0.4 is 10.6 Å². The lowest BCUT2D eigenvalue weighted by Crippen LogP contribution is -2.14. The van der Waals surface area contributed by atoms with Crippen LogP contribution in [0.15, 0.2) is 18.3 Å². The third-order valence-corrected chi connectivity index (χ3v) is 2.25. The Morgan fingerprint density at radius 1 is 1.43 bits per heavy atom. The Bertz CT molecular complexity index is 266. The van der Waals surface area contributed by atoms with Gasteiger partial charge in [-0.2, -0.15) is 0 Å². The van der Waals surface area contributed by atoms with Gasteiger partial charge in [0.1, 0.15) is 5.82 Å². The number of hydrogen-bond donors (Lipinski definition) is 1. The molecule has 14 heavy (non-hydrogen) atoms. The quantitative estimate of drug-likeness (QED) is 0.783. The zero-order valence-corrected chi connectivity index (χ0v) is 9.20. The summed E-state index contributed by atoms with van der Waals surface area (Å²) in [5, 5.41) is 0. The molecule has 1 atom stereocenters. The molecular weight excluding hydrogens is 174 g/mol. The van der Waals surface area contributed by atoms with Crippen molar-refractivity contribution in [1.82, 2.24) is 4.98 Å². The number of nitrogens with zero attached hydrogens (tertiary/aromatic N) is 2. The van der Waals surface area contributed by atoms with E-state index in [1.165, 1.54) is 5.56 Å². The molecule has 0 radical (unpaired) electrons. The molecule has 0 amide bonds.